The van der Waals surface area contributed by atoms with Gasteiger partial charge in [0.05, 0.1) is 10.6 Å². The van der Waals surface area contributed by atoms with Crippen LogP contribution >= 0.6 is 23.1 Å². The lowest BCUT2D eigenvalue weighted by Crippen LogP contribution is -2.28. The molecule has 0 aliphatic carbocycles. The van der Waals surface area contributed by atoms with Crippen molar-refractivity contribution in [2.24, 2.45) is 0 Å². The Bertz CT molecular complexity index is 1040. The highest BCUT2D eigenvalue weighted by Crippen LogP contribution is 2.22. The second kappa shape index (κ2) is 9.96. The molecule has 8 heteroatoms. The van der Waals surface area contributed by atoms with Crippen molar-refractivity contribution in [2.75, 3.05) is 23.7 Å². The summed E-state index contributed by atoms with van der Waals surface area (Å²) in [6.45, 7) is 0.524. The van der Waals surface area contributed by atoms with Gasteiger partial charge >= 0.3 is 0 Å². The molecule has 0 saturated carbocycles. The molecule has 0 aliphatic rings. The van der Waals surface area contributed by atoms with Crippen LogP contribution in [0.1, 0.15) is 15.2 Å². The van der Waals surface area contributed by atoms with Gasteiger partial charge in [-0.05, 0) is 41.8 Å². The molecule has 1 heterocycles. The predicted octanol–water partition coefficient (Wildman–Crippen LogP) is 4.24. The SMILES string of the molecule is CN(c1ccccc1)S(=O)(=O)c1cccc(C(=O)NCCSCc2cccs2)c1. The van der Waals surface area contributed by atoms with Gasteiger partial charge in [-0.1, -0.05) is 30.3 Å². The summed E-state index contributed by atoms with van der Waals surface area (Å²) in [5, 5.41) is 4.90. The van der Waals surface area contributed by atoms with E-state index < -0.39 is 10.0 Å². The minimum absolute atomic E-state index is 0.0866. The number of rotatable bonds is 9. The zero-order valence-corrected chi connectivity index (χ0v) is 18.4. The van der Waals surface area contributed by atoms with Crippen LogP contribution in [0, 0.1) is 0 Å². The first kappa shape index (κ1) is 21.4. The lowest BCUT2D eigenvalue weighted by Gasteiger charge is -2.19. The number of thiophene rings is 1. The van der Waals surface area contributed by atoms with Gasteiger partial charge in [-0.15, -0.1) is 11.3 Å². The number of sulfonamides is 1. The highest BCUT2D eigenvalue weighted by molar-refractivity contribution is 7.98. The van der Waals surface area contributed by atoms with Crippen LogP contribution in [0.15, 0.2) is 77.0 Å². The minimum atomic E-state index is -3.75. The summed E-state index contributed by atoms with van der Waals surface area (Å²) >= 11 is 3.47. The fourth-order valence-corrected chi connectivity index (χ4v) is 5.58. The first-order chi connectivity index (χ1) is 14.0. The lowest BCUT2D eigenvalue weighted by atomic mass is 10.2. The molecule has 3 rings (SSSR count). The minimum Gasteiger partial charge on any atom is -0.351 e. The zero-order chi connectivity index (χ0) is 20.7. The van der Waals surface area contributed by atoms with Gasteiger partial charge in [-0.25, -0.2) is 8.42 Å². The van der Waals surface area contributed by atoms with E-state index in [1.54, 1.807) is 59.5 Å². The number of nitrogens with zero attached hydrogens (tertiary/aromatic N) is 1. The van der Waals surface area contributed by atoms with Crippen LogP contribution in [0.4, 0.5) is 5.69 Å². The summed E-state index contributed by atoms with van der Waals surface area (Å²) in [4.78, 5) is 13.8. The molecule has 0 fully saturated rings. The number of para-hydroxylation sites is 1. The number of hydrogen-bond acceptors (Lipinski definition) is 5. The standard InChI is InChI=1S/C21H22N2O3S3/c1-23(18-8-3-2-4-9-18)29(25,26)20-11-5-7-17(15-20)21(24)22-12-14-27-16-19-10-6-13-28-19/h2-11,13,15H,12,14,16H2,1H3,(H,22,24). The molecule has 29 heavy (non-hydrogen) atoms. The molecule has 0 bridgehead atoms. The van der Waals surface area contributed by atoms with Crippen molar-refractivity contribution in [2.45, 2.75) is 10.6 Å². The molecule has 5 nitrogen and oxygen atoms in total. The van der Waals surface area contributed by atoms with E-state index in [9.17, 15) is 13.2 Å². The number of carbonyl (C=O) groups is 1. The molecule has 0 unspecified atom stereocenters. The van der Waals surface area contributed by atoms with Gasteiger partial charge in [-0.3, -0.25) is 9.10 Å². The topological polar surface area (TPSA) is 66.5 Å². The van der Waals surface area contributed by atoms with E-state index in [0.717, 1.165) is 11.5 Å². The maximum Gasteiger partial charge on any atom is 0.264 e. The molecule has 1 N–H and O–H groups in total. The summed E-state index contributed by atoms with van der Waals surface area (Å²) in [7, 11) is -2.25. The summed E-state index contributed by atoms with van der Waals surface area (Å²) in [5.74, 6) is 1.44. The van der Waals surface area contributed by atoms with Crippen LogP contribution in [0.25, 0.3) is 0 Å². The van der Waals surface area contributed by atoms with Gasteiger partial charge < -0.3 is 5.32 Å². The Labute approximate surface area is 179 Å². The summed E-state index contributed by atoms with van der Waals surface area (Å²) in [5.41, 5.74) is 0.890. The molecular weight excluding hydrogens is 424 g/mol. The molecule has 3 aromatic rings. The Hall–Kier alpha value is -2.29. The first-order valence-electron chi connectivity index (χ1n) is 9.01. The highest BCUT2D eigenvalue weighted by Gasteiger charge is 2.22. The number of anilines is 1. The molecule has 0 spiro atoms. The van der Waals surface area contributed by atoms with E-state index in [-0.39, 0.29) is 10.8 Å². The van der Waals surface area contributed by atoms with E-state index >= 15 is 0 Å². The molecule has 0 atom stereocenters. The van der Waals surface area contributed by atoms with Crippen molar-refractivity contribution in [3.8, 4) is 0 Å². The van der Waals surface area contributed by atoms with E-state index in [0.29, 0.717) is 17.8 Å². The Morgan fingerprint density at radius 1 is 1.07 bits per heavy atom. The quantitative estimate of drug-likeness (QED) is 0.500. The highest BCUT2D eigenvalue weighted by atomic mass is 32.2. The monoisotopic (exact) mass is 446 g/mol. The number of nitrogens with one attached hydrogen (secondary N) is 1. The second-order valence-corrected chi connectivity index (χ2v) is 10.3. The van der Waals surface area contributed by atoms with E-state index in [4.69, 9.17) is 0 Å². The summed E-state index contributed by atoms with van der Waals surface area (Å²) in [6, 6.07) is 19.1. The molecule has 2 aromatic carbocycles. The average Bonchev–Trinajstić information content (AvgIpc) is 3.27. The average molecular weight is 447 g/mol. The Balaban J connectivity index is 1.60. The lowest BCUT2D eigenvalue weighted by molar-refractivity contribution is 0.0956. The van der Waals surface area contributed by atoms with Crippen LogP contribution in [0.5, 0.6) is 0 Å². The third-order valence-electron chi connectivity index (χ3n) is 4.23. The molecule has 152 valence electrons. The maximum atomic E-state index is 12.9. The normalized spacial score (nSPS) is 11.2. The van der Waals surface area contributed by atoms with Crippen molar-refractivity contribution >= 4 is 44.7 Å². The molecule has 0 radical (unpaired) electrons. The van der Waals surface area contributed by atoms with Gasteiger partial charge in [0.25, 0.3) is 15.9 Å². The number of thioether (sulfide) groups is 1. The van der Waals surface area contributed by atoms with Gasteiger partial charge in [0.15, 0.2) is 0 Å². The second-order valence-electron chi connectivity index (χ2n) is 6.22. The van der Waals surface area contributed by atoms with Gasteiger partial charge in [0.1, 0.15) is 0 Å². The van der Waals surface area contributed by atoms with Crippen LogP contribution in [-0.4, -0.2) is 33.7 Å². The zero-order valence-electron chi connectivity index (χ0n) is 15.9. The Morgan fingerprint density at radius 3 is 2.59 bits per heavy atom. The van der Waals surface area contributed by atoms with Crippen molar-refractivity contribution in [1.29, 1.82) is 0 Å². The Kier molecular flexibility index (Phi) is 7.35. The number of benzene rings is 2. The van der Waals surface area contributed by atoms with Crippen LogP contribution in [0.3, 0.4) is 0 Å². The predicted molar refractivity (Wildman–Crippen MR) is 121 cm³/mol. The first-order valence-corrected chi connectivity index (χ1v) is 12.5. The summed E-state index contributed by atoms with van der Waals surface area (Å²) in [6.07, 6.45) is 0. The van der Waals surface area contributed by atoms with Crippen LogP contribution < -0.4 is 9.62 Å². The maximum absolute atomic E-state index is 12.9. The fourth-order valence-electron chi connectivity index (χ4n) is 2.64. The third kappa shape index (κ3) is 5.62. The molecule has 1 amide bonds. The van der Waals surface area contributed by atoms with E-state index in [1.165, 1.54) is 28.4 Å². The van der Waals surface area contributed by atoms with E-state index in [2.05, 4.69) is 11.4 Å². The number of amides is 1. The number of carbonyl (C=O) groups excluding carboxylic acids is 1. The fraction of sp³-hybridized carbons (Fsp3) is 0.190. The van der Waals surface area contributed by atoms with Crippen LogP contribution in [-0.2, 0) is 15.8 Å². The largest absolute Gasteiger partial charge is 0.351 e. The smallest absolute Gasteiger partial charge is 0.264 e. The van der Waals surface area contributed by atoms with Gasteiger partial charge in [-0.2, -0.15) is 11.8 Å². The van der Waals surface area contributed by atoms with Crippen molar-refractivity contribution in [3.05, 3.63) is 82.6 Å². The van der Waals surface area contributed by atoms with Crippen LogP contribution in [0.2, 0.25) is 0 Å². The van der Waals surface area contributed by atoms with Gasteiger partial charge in [0, 0.05) is 35.5 Å². The molecule has 1 aromatic heterocycles. The Morgan fingerprint density at radius 2 is 1.86 bits per heavy atom. The van der Waals surface area contributed by atoms with Crippen molar-refractivity contribution in [1.82, 2.24) is 5.32 Å². The molecular formula is C21H22N2O3S3. The molecule has 0 aliphatic heterocycles. The molecule has 0 saturated heterocycles. The van der Waals surface area contributed by atoms with E-state index in [1.807, 2.05) is 17.5 Å². The van der Waals surface area contributed by atoms with Crippen molar-refractivity contribution in [3.63, 3.8) is 0 Å². The van der Waals surface area contributed by atoms with Gasteiger partial charge in [0.2, 0.25) is 0 Å². The number of hydrogen-bond donors (Lipinski definition) is 1. The third-order valence-corrected chi connectivity index (χ3v) is 8.08. The summed E-state index contributed by atoms with van der Waals surface area (Å²) < 4.78 is 27.0. The van der Waals surface area contributed by atoms with Crippen molar-refractivity contribution < 1.29 is 13.2 Å².